The van der Waals surface area contributed by atoms with Crippen molar-refractivity contribution in [3.63, 3.8) is 0 Å². The molecule has 0 bridgehead atoms. The lowest BCUT2D eigenvalue weighted by Gasteiger charge is -2.32. The standard InChI is InChI=1S/C31H33BF3NO3.C12H15BrO2/c1-21-10-13-23-8-6-7-9-26(23)27(21)20-36(19-25-16-17-28(37-25)31(33,34)35)18-22-11-14-24(15-12-22)32-38-29(2,3)30(4,5)39-32;1-12(2,11(14)15-3)8-9-5-4-6-10(13)7-9/h6-17H,18-20H2,1-5H3;4-7H,8H2,1-3H3. The highest BCUT2D eigenvalue weighted by atomic mass is 79.9. The van der Waals surface area contributed by atoms with Crippen molar-refractivity contribution >= 4 is 45.3 Å². The molecular weight excluding hydrogens is 758 g/mol. The number of halogens is 4. The molecule has 0 saturated carbocycles. The molecule has 0 N–H and O–H groups in total. The Hall–Kier alpha value is -3.90. The number of benzene rings is 4. The molecule has 1 aliphatic rings. The molecule has 2 heterocycles. The van der Waals surface area contributed by atoms with Crippen LogP contribution in [-0.4, -0.2) is 36.3 Å². The predicted octanol–water partition coefficient (Wildman–Crippen LogP) is 10.5. The lowest BCUT2D eigenvalue weighted by Crippen LogP contribution is -2.41. The molecule has 0 radical (unpaired) electrons. The lowest BCUT2D eigenvalue weighted by atomic mass is 9.79. The van der Waals surface area contributed by atoms with E-state index in [0.29, 0.717) is 19.5 Å². The minimum absolute atomic E-state index is 0.178. The van der Waals surface area contributed by atoms with Crippen LogP contribution in [0.25, 0.3) is 10.8 Å². The number of aryl methyl sites for hydroxylation is 1. The Morgan fingerprint density at radius 1 is 0.815 bits per heavy atom. The summed E-state index contributed by atoms with van der Waals surface area (Å²) < 4.78 is 62.9. The van der Waals surface area contributed by atoms with Gasteiger partial charge < -0.3 is 18.5 Å². The van der Waals surface area contributed by atoms with E-state index in [1.54, 1.807) is 0 Å². The summed E-state index contributed by atoms with van der Waals surface area (Å²) in [6, 6.07) is 30.7. The van der Waals surface area contributed by atoms with Gasteiger partial charge >= 0.3 is 19.3 Å². The summed E-state index contributed by atoms with van der Waals surface area (Å²) in [6.45, 7) is 15.2. The highest BCUT2D eigenvalue weighted by Crippen LogP contribution is 2.37. The van der Waals surface area contributed by atoms with Crippen molar-refractivity contribution in [2.45, 2.75) is 91.9 Å². The van der Waals surface area contributed by atoms with Gasteiger partial charge in [0.25, 0.3) is 0 Å². The number of methoxy groups -OCH3 is 1. The quantitative estimate of drug-likeness (QED) is 0.103. The highest BCUT2D eigenvalue weighted by molar-refractivity contribution is 9.10. The van der Waals surface area contributed by atoms with Gasteiger partial charge in [0.15, 0.2) is 0 Å². The van der Waals surface area contributed by atoms with Crippen LogP contribution in [0.3, 0.4) is 0 Å². The van der Waals surface area contributed by atoms with Crippen LogP contribution in [0.4, 0.5) is 13.2 Å². The Balaban J connectivity index is 0.000000314. The molecule has 1 aliphatic heterocycles. The largest absolute Gasteiger partial charge is 0.494 e. The second-order valence-corrected chi connectivity index (χ2v) is 16.4. The minimum Gasteiger partial charge on any atom is -0.469 e. The second-order valence-electron chi connectivity index (χ2n) is 15.5. The summed E-state index contributed by atoms with van der Waals surface area (Å²) in [5, 5.41) is 2.26. The number of alkyl halides is 3. The van der Waals surface area contributed by atoms with Crippen molar-refractivity contribution in [1.82, 2.24) is 4.90 Å². The van der Waals surface area contributed by atoms with Gasteiger partial charge in [-0.1, -0.05) is 88.7 Å². The molecule has 0 atom stereocenters. The number of esters is 1. The molecule has 4 aromatic carbocycles. The van der Waals surface area contributed by atoms with Crippen LogP contribution in [0.15, 0.2) is 106 Å². The number of carbonyl (C=O) groups excluding carboxylic acids is 1. The van der Waals surface area contributed by atoms with Crippen LogP contribution in [0, 0.1) is 12.3 Å². The van der Waals surface area contributed by atoms with Crippen LogP contribution in [0.2, 0.25) is 0 Å². The van der Waals surface area contributed by atoms with Crippen LogP contribution < -0.4 is 5.46 Å². The predicted molar refractivity (Wildman–Crippen MR) is 211 cm³/mol. The lowest BCUT2D eigenvalue weighted by molar-refractivity contribution is -0.153. The zero-order valence-electron chi connectivity index (χ0n) is 32.1. The monoisotopic (exact) mass is 805 g/mol. The molecule has 6 nitrogen and oxygen atoms in total. The molecule has 0 spiro atoms. The van der Waals surface area contributed by atoms with Crippen molar-refractivity contribution in [1.29, 1.82) is 0 Å². The van der Waals surface area contributed by atoms with Crippen molar-refractivity contribution < 1.29 is 36.4 Å². The molecule has 5 aromatic rings. The number of hydrogen-bond donors (Lipinski definition) is 0. The fraction of sp³-hybridized carbons (Fsp3) is 0.372. The average Bonchev–Trinajstić information content (AvgIpc) is 3.66. The van der Waals surface area contributed by atoms with E-state index < -0.39 is 35.7 Å². The van der Waals surface area contributed by atoms with Crippen molar-refractivity contribution in [3.8, 4) is 0 Å². The smallest absolute Gasteiger partial charge is 0.469 e. The van der Waals surface area contributed by atoms with E-state index in [0.717, 1.165) is 49.0 Å². The van der Waals surface area contributed by atoms with Crippen molar-refractivity contribution in [2.24, 2.45) is 5.41 Å². The zero-order chi connectivity index (χ0) is 39.5. The fourth-order valence-electron chi connectivity index (χ4n) is 6.40. The van der Waals surface area contributed by atoms with Gasteiger partial charge in [0, 0.05) is 17.6 Å². The first-order valence-electron chi connectivity index (χ1n) is 17.9. The Morgan fingerprint density at radius 2 is 1.48 bits per heavy atom. The first kappa shape index (κ1) is 41.3. The number of nitrogens with zero attached hydrogens (tertiary/aromatic N) is 1. The maximum atomic E-state index is 13.2. The molecule has 11 heteroatoms. The summed E-state index contributed by atoms with van der Waals surface area (Å²) in [6.07, 6.45) is -3.84. The molecule has 54 heavy (non-hydrogen) atoms. The van der Waals surface area contributed by atoms with Gasteiger partial charge in [-0.3, -0.25) is 9.69 Å². The number of furan rings is 1. The third-order valence-corrected chi connectivity index (χ3v) is 10.7. The first-order valence-corrected chi connectivity index (χ1v) is 18.7. The SMILES string of the molecule is COC(=O)C(C)(C)Cc1cccc(Br)c1.Cc1ccc2ccccc2c1CN(Cc1ccc(B2OC(C)(C)C(C)(C)O2)cc1)Cc1ccc(C(F)(F)F)o1. The number of hydrogen-bond acceptors (Lipinski definition) is 6. The highest BCUT2D eigenvalue weighted by Gasteiger charge is 2.51. The minimum atomic E-state index is -4.52. The van der Waals surface area contributed by atoms with E-state index >= 15 is 0 Å². The van der Waals surface area contributed by atoms with E-state index in [1.807, 2.05) is 102 Å². The van der Waals surface area contributed by atoms with E-state index in [1.165, 1.54) is 13.2 Å². The molecule has 0 aliphatic carbocycles. The topological polar surface area (TPSA) is 61.1 Å². The van der Waals surface area contributed by atoms with Gasteiger partial charge in [-0.2, -0.15) is 13.2 Å². The van der Waals surface area contributed by atoms with Crippen molar-refractivity contribution in [3.05, 3.63) is 135 Å². The Labute approximate surface area is 325 Å². The Kier molecular flexibility index (Phi) is 12.6. The van der Waals surface area contributed by atoms with Gasteiger partial charge in [-0.15, -0.1) is 0 Å². The summed E-state index contributed by atoms with van der Waals surface area (Å²) in [5.41, 5.74) is 4.01. The second kappa shape index (κ2) is 16.5. The summed E-state index contributed by atoms with van der Waals surface area (Å²) in [7, 11) is 0.966. The summed E-state index contributed by atoms with van der Waals surface area (Å²) in [4.78, 5) is 13.6. The number of ether oxygens (including phenoxy) is 1. The number of rotatable bonds is 10. The number of carbonyl (C=O) groups is 1. The Bertz CT molecular complexity index is 2040. The van der Waals surface area contributed by atoms with E-state index in [-0.39, 0.29) is 18.3 Å². The van der Waals surface area contributed by atoms with Crippen LogP contribution in [0.1, 0.15) is 75.3 Å². The zero-order valence-corrected chi connectivity index (χ0v) is 33.7. The van der Waals surface area contributed by atoms with Gasteiger partial charge in [0.05, 0.1) is 30.3 Å². The molecule has 1 aromatic heterocycles. The molecule has 1 fully saturated rings. The van der Waals surface area contributed by atoms with Crippen molar-refractivity contribution in [2.75, 3.05) is 7.11 Å². The fourth-order valence-corrected chi connectivity index (χ4v) is 6.85. The van der Waals surface area contributed by atoms with Gasteiger partial charge in [0.1, 0.15) is 5.76 Å². The molecule has 0 unspecified atom stereocenters. The number of fused-ring (bicyclic) bond motifs is 1. The van der Waals surface area contributed by atoms with E-state index in [4.69, 9.17) is 18.5 Å². The molecule has 0 amide bonds. The van der Waals surface area contributed by atoms with E-state index in [2.05, 4.69) is 52.0 Å². The third kappa shape index (κ3) is 10.0. The molecule has 286 valence electrons. The average molecular weight is 807 g/mol. The maximum Gasteiger partial charge on any atom is 0.494 e. The van der Waals surface area contributed by atoms with Crippen LogP contribution in [0.5, 0.6) is 0 Å². The van der Waals surface area contributed by atoms with Gasteiger partial charge in [-0.05, 0) is 118 Å². The molecule has 6 rings (SSSR count). The van der Waals surface area contributed by atoms with Gasteiger partial charge in [-0.25, -0.2) is 0 Å². The summed E-state index contributed by atoms with van der Waals surface area (Å²) >= 11 is 3.41. The Morgan fingerprint density at radius 3 is 2.09 bits per heavy atom. The normalized spacial score (nSPS) is 15.3. The molecular formula is C43H48BBrF3NO5. The van der Waals surface area contributed by atoms with E-state index in [9.17, 15) is 18.0 Å². The third-order valence-electron chi connectivity index (χ3n) is 10.2. The molecule has 1 saturated heterocycles. The maximum absolute atomic E-state index is 13.2. The first-order chi connectivity index (χ1) is 25.3. The van der Waals surface area contributed by atoms with Gasteiger partial charge in [0.2, 0.25) is 5.76 Å². The van der Waals surface area contributed by atoms with Crippen LogP contribution >= 0.6 is 15.9 Å². The van der Waals surface area contributed by atoms with Crippen LogP contribution in [-0.2, 0) is 51.1 Å². The summed E-state index contributed by atoms with van der Waals surface area (Å²) in [5.74, 6) is -0.887.